The van der Waals surface area contributed by atoms with E-state index < -0.39 is 5.60 Å². The number of aromatic nitrogens is 1. The fraction of sp³-hybridized carbons (Fsp3) is 0.357. The van der Waals surface area contributed by atoms with Gasteiger partial charge in [0.15, 0.2) is 0 Å². The van der Waals surface area contributed by atoms with Gasteiger partial charge in [-0.25, -0.2) is 4.98 Å². The Labute approximate surface area is 107 Å². The fourth-order valence-corrected chi connectivity index (χ4v) is 2.01. The van der Waals surface area contributed by atoms with Gasteiger partial charge in [0.25, 0.3) is 0 Å². The summed E-state index contributed by atoms with van der Waals surface area (Å²) < 4.78 is 0. The molecule has 96 valence electrons. The standard InChI is InChI=1S/C14H19N3O/c1-14(2,18)9-17(3)13-7-4-10-8-11(15)5-6-12(10)16-13/h4-8,18H,9,15H2,1-3H3. The summed E-state index contributed by atoms with van der Waals surface area (Å²) in [5.74, 6) is 0.842. The van der Waals surface area contributed by atoms with Gasteiger partial charge in [-0.1, -0.05) is 0 Å². The highest BCUT2D eigenvalue weighted by Gasteiger charge is 2.16. The highest BCUT2D eigenvalue weighted by molar-refractivity contribution is 5.83. The average molecular weight is 245 g/mol. The Morgan fingerprint density at radius 3 is 2.67 bits per heavy atom. The number of pyridine rings is 1. The fourth-order valence-electron chi connectivity index (χ4n) is 2.01. The number of hydrogen-bond donors (Lipinski definition) is 2. The van der Waals surface area contributed by atoms with Crippen LogP contribution in [0.25, 0.3) is 10.9 Å². The summed E-state index contributed by atoms with van der Waals surface area (Å²) in [6.45, 7) is 4.09. The molecule has 0 fully saturated rings. The number of benzene rings is 1. The lowest BCUT2D eigenvalue weighted by Crippen LogP contribution is -2.36. The van der Waals surface area contributed by atoms with Crippen molar-refractivity contribution in [3.8, 4) is 0 Å². The van der Waals surface area contributed by atoms with Crippen LogP contribution in [0.3, 0.4) is 0 Å². The maximum Gasteiger partial charge on any atom is 0.129 e. The molecule has 0 aliphatic rings. The Hall–Kier alpha value is -1.81. The van der Waals surface area contributed by atoms with Gasteiger partial charge in [0, 0.05) is 24.7 Å². The average Bonchev–Trinajstić information content (AvgIpc) is 2.26. The minimum absolute atomic E-state index is 0.528. The van der Waals surface area contributed by atoms with Crippen LogP contribution in [0, 0.1) is 0 Å². The molecule has 0 saturated heterocycles. The van der Waals surface area contributed by atoms with E-state index in [0.29, 0.717) is 6.54 Å². The molecule has 2 rings (SSSR count). The van der Waals surface area contributed by atoms with E-state index >= 15 is 0 Å². The number of rotatable bonds is 3. The molecule has 0 aliphatic carbocycles. The highest BCUT2D eigenvalue weighted by Crippen LogP contribution is 2.20. The van der Waals surface area contributed by atoms with E-state index in [1.54, 1.807) is 13.8 Å². The lowest BCUT2D eigenvalue weighted by Gasteiger charge is -2.26. The molecule has 0 aliphatic heterocycles. The van der Waals surface area contributed by atoms with Crippen LogP contribution >= 0.6 is 0 Å². The summed E-state index contributed by atoms with van der Waals surface area (Å²) in [5.41, 5.74) is 6.63. The molecule has 0 amide bonds. The molecular formula is C14H19N3O. The normalized spacial score (nSPS) is 11.8. The third-order valence-corrected chi connectivity index (χ3v) is 2.71. The minimum atomic E-state index is -0.744. The maximum atomic E-state index is 9.81. The molecule has 4 nitrogen and oxygen atoms in total. The molecule has 1 aromatic heterocycles. The van der Waals surface area contributed by atoms with Crippen molar-refractivity contribution in [1.29, 1.82) is 0 Å². The molecule has 1 aromatic carbocycles. The van der Waals surface area contributed by atoms with E-state index in [-0.39, 0.29) is 0 Å². The number of anilines is 2. The van der Waals surface area contributed by atoms with E-state index in [2.05, 4.69) is 4.98 Å². The molecule has 18 heavy (non-hydrogen) atoms. The van der Waals surface area contributed by atoms with Gasteiger partial charge in [0.05, 0.1) is 11.1 Å². The number of fused-ring (bicyclic) bond motifs is 1. The largest absolute Gasteiger partial charge is 0.399 e. The molecule has 0 bridgehead atoms. The first-order chi connectivity index (χ1) is 8.35. The number of likely N-dealkylation sites (N-methyl/N-ethyl adjacent to an activating group) is 1. The monoisotopic (exact) mass is 245 g/mol. The third kappa shape index (κ3) is 2.90. The zero-order valence-electron chi connectivity index (χ0n) is 11.0. The van der Waals surface area contributed by atoms with Gasteiger partial charge in [-0.05, 0) is 44.2 Å². The number of aliphatic hydroxyl groups is 1. The second kappa shape index (κ2) is 4.46. The zero-order valence-corrected chi connectivity index (χ0v) is 11.0. The van der Waals surface area contributed by atoms with Gasteiger partial charge in [-0.2, -0.15) is 0 Å². The molecule has 0 saturated carbocycles. The summed E-state index contributed by atoms with van der Waals surface area (Å²) in [4.78, 5) is 6.50. The van der Waals surface area contributed by atoms with Crippen molar-refractivity contribution in [2.45, 2.75) is 19.4 Å². The first-order valence-electron chi connectivity index (χ1n) is 5.95. The molecule has 0 atom stereocenters. The lowest BCUT2D eigenvalue weighted by atomic mass is 10.1. The van der Waals surface area contributed by atoms with Crippen molar-refractivity contribution >= 4 is 22.4 Å². The first kappa shape index (κ1) is 12.6. The number of nitrogens with two attached hydrogens (primary N) is 1. The van der Waals surface area contributed by atoms with Gasteiger partial charge in [-0.3, -0.25) is 0 Å². The van der Waals surface area contributed by atoms with Crippen LogP contribution in [0.2, 0.25) is 0 Å². The molecule has 0 unspecified atom stereocenters. The first-order valence-corrected chi connectivity index (χ1v) is 5.95. The summed E-state index contributed by atoms with van der Waals surface area (Å²) in [5, 5.41) is 10.8. The summed E-state index contributed by atoms with van der Waals surface area (Å²) in [6, 6.07) is 9.59. The van der Waals surface area contributed by atoms with Crippen LogP contribution in [0.4, 0.5) is 11.5 Å². The van der Waals surface area contributed by atoms with E-state index in [9.17, 15) is 5.11 Å². The van der Waals surface area contributed by atoms with Gasteiger partial charge in [0.2, 0.25) is 0 Å². The van der Waals surface area contributed by atoms with E-state index in [0.717, 1.165) is 22.4 Å². The number of nitrogens with zero attached hydrogens (tertiary/aromatic N) is 2. The summed E-state index contributed by atoms with van der Waals surface area (Å²) >= 11 is 0. The predicted octanol–water partition coefficient (Wildman–Crippen LogP) is 2.02. The summed E-state index contributed by atoms with van der Waals surface area (Å²) in [6.07, 6.45) is 0. The van der Waals surface area contributed by atoms with Crippen LogP contribution in [-0.4, -0.2) is 29.3 Å². The van der Waals surface area contributed by atoms with Crippen molar-refractivity contribution in [1.82, 2.24) is 4.98 Å². The Balaban J connectivity index is 2.32. The molecule has 3 N–H and O–H groups in total. The second-order valence-electron chi connectivity index (χ2n) is 5.29. The van der Waals surface area contributed by atoms with Crippen LogP contribution < -0.4 is 10.6 Å². The van der Waals surface area contributed by atoms with Crippen molar-refractivity contribution < 1.29 is 5.11 Å². The van der Waals surface area contributed by atoms with Crippen LogP contribution in [0.1, 0.15) is 13.8 Å². The van der Waals surface area contributed by atoms with Crippen molar-refractivity contribution in [3.63, 3.8) is 0 Å². The van der Waals surface area contributed by atoms with Crippen molar-refractivity contribution in [2.24, 2.45) is 0 Å². The maximum absolute atomic E-state index is 9.81. The molecule has 4 heteroatoms. The molecule has 1 heterocycles. The Morgan fingerprint density at radius 1 is 1.28 bits per heavy atom. The Kier molecular flexibility index (Phi) is 3.13. The predicted molar refractivity (Wildman–Crippen MR) is 75.7 cm³/mol. The van der Waals surface area contributed by atoms with Crippen LogP contribution in [0.15, 0.2) is 30.3 Å². The second-order valence-corrected chi connectivity index (χ2v) is 5.29. The molecule has 0 spiro atoms. The SMILES string of the molecule is CN(CC(C)(C)O)c1ccc2cc(N)ccc2n1. The van der Waals surface area contributed by atoms with Gasteiger partial charge in [0.1, 0.15) is 5.82 Å². The smallest absolute Gasteiger partial charge is 0.129 e. The molecule has 0 radical (unpaired) electrons. The van der Waals surface area contributed by atoms with E-state index in [1.165, 1.54) is 0 Å². The molecule has 2 aromatic rings. The highest BCUT2D eigenvalue weighted by atomic mass is 16.3. The Morgan fingerprint density at radius 2 is 2.00 bits per heavy atom. The molecular weight excluding hydrogens is 226 g/mol. The summed E-state index contributed by atoms with van der Waals surface area (Å²) in [7, 11) is 1.92. The van der Waals surface area contributed by atoms with E-state index in [1.807, 2.05) is 42.3 Å². The van der Waals surface area contributed by atoms with Gasteiger partial charge in [-0.15, -0.1) is 0 Å². The zero-order chi connectivity index (χ0) is 13.3. The van der Waals surface area contributed by atoms with Crippen molar-refractivity contribution in [3.05, 3.63) is 30.3 Å². The number of hydrogen-bond acceptors (Lipinski definition) is 4. The van der Waals surface area contributed by atoms with Crippen LogP contribution in [-0.2, 0) is 0 Å². The van der Waals surface area contributed by atoms with Crippen LogP contribution in [0.5, 0.6) is 0 Å². The van der Waals surface area contributed by atoms with Crippen molar-refractivity contribution in [2.75, 3.05) is 24.2 Å². The van der Waals surface area contributed by atoms with Gasteiger partial charge < -0.3 is 15.7 Å². The number of nitrogen functional groups attached to an aromatic ring is 1. The van der Waals surface area contributed by atoms with E-state index in [4.69, 9.17) is 5.73 Å². The topological polar surface area (TPSA) is 62.4 Å². The third-order valence-electron chi connectivity index (χ3n) is 2.71. The lowest BCUT2D eigenvalue weighted by molar-refractivity contribution is 0.0885. The van der Waals surface area contributed by atoms with Gasteiger partial charge >= 0.3 is 0 Å². The Bertz CT molecular complexity index is 560. The minimum Gasteiger partial charge on any atom is -0.399 e. The quantitative estimate of drug-likeness (QED) is 0.812.